The molecule has 7 nitrogen and oxygen atoms in total. The molecule has 0 spiro atoms. The van der Waals surface area contributed by atoms with E-state index in [1.165, 1.54) is 29.2 Å². The van der Waals surface area contributed by atoms with E-state index in [0.29, 0.717) is 15.3 Å². The summed E-state index contributed by atoms with van der Waals surface area (Å²) in [5.74, 6) is -0.201. The Hall–Kier alpha value is -2.43. The van der Waals surface area contributed by atoms with Gasteiger partial charge in [0.05, 0.1) is 26.6 Å². The minimum Gasteiger partial charge on any atom is -0.325 e. The average Bonchev–Trinajstić information content (AvgIpc) is 3.02. The number of anilines is 2. The number of benzene rings is 2. The molecule has 152 valence electrons. The number of amides is 2. The molecule has 10 heteroatoms. The van der Waals surface area contributed by atoms with Gasteiger partial charge in [0.25, 0.3) is 0 Å². The molecule has 0 radical (unpaired) electrons. The number of carbonyl (C=O) groups excluding carboxylic acids is 2. The van der Waals surface area contributed by atoms with E-state index >= 15 is 0 Å². The molecule has 1 heterocycles. The van der Waals surface area contributed by atoms with Crippen LogP contribution in [0.4, 0.5) is 10.8 Å². The van der Waals surface area contributed by atoms with Crippen LogP contribution in [0.1, 0.15) is 5.56 Å². The average molecular weight is 450 g/mol. The summed E-state index contributed by atoms with van der Waals surface area (Å²) in [7, 11) is -3.30. The summed E-state index contributed by atoms with van der Waals surface area (Å²) in [6.45, 7) is 1.94. The van der Waals surface area contributed by atoms with Gasteiger partial charge in [-0.15, -0.1) is 11.8 Å². The normalized spacial score (nSPS) is 11.4. The smallest absolute Gasteiger partial charge is 0.236 e. The summed E-state index contributed by atoms with van der Waals surface area (Å²) in [4.78, 5) is 28.6. The second-order valence-electron chi connectivity index (χ2n) is 6.38. The van der Waals surface area contributed by atoms with Crippen molar-refractivity contribution in [2.24, 2.45) is 0 Å². The van der Waals surface area contributed by atoms with E-state index in [-0.39, 0.29) is 28.2 Å². The van der Waals surface area contributed by atoms with E-state index in [1.54, 1.807) is 12.1 Å². The van der Waals surface area contributed by atoms with Gasteiger partial charge >= 0.3 is 0 Å². The van der Waals surface area contributed by atoms with Gasteiger partial charge in [0.1, 0.15) is 0 Å². The van der Waals surface area contributed by atoms with E-state index in [2.05, 4.69) is 15.6 Å². The molecule has 0 saturated carbocycles. The van der Waals surface area contributed by atoms with Gasteiger partial charge in [-0.3, -0.25) is 9.59 Å². The van der Waals surface area contributed by atoms with E-state index in [0.717, 1.165) is 17.5 Å². The Bertz CT molecular complexity index is 1170. The molecule has 0 saturated heterocycles. The molecule has 2 amide bonds. The molecule has 0 unspecified atom stereocenters. The number of aromatic nitrogens is 1. The number of hydrogen-bond donors (Lipinski definition) is 2. The first-order chi connectivity index (χ1) is 13.7. The van der Waals surface area contributed by atoms with Crippen molar-refractivity contribution in [2.45, 2.75) is 11.8 Å². The maximum atomic E-state index is 12.1. The van der Waals surface area contributed by atoms with Crippen LogP contribution in [0, 0.1) is 6.92 Å². The van der Waals surface area contributed by atoms with Gasteiger partial charge in [-0.2, -0.15) is 0 Å². The van der Waals surface area contributed by atoms with Gasteiger partial charge in [0, 0.05) is 11.9 Å². The summed E-state index contributed by atoms with van der Waals surface area (Å²) < 4.78 is 24.0. The van der Waals surface area contributed by atoms with Crippen LogP contribution in [0.15, 0.2) is 47.4 Å². The van der Waals surface area contributed by atoms with Crippen LogP contribution in [0.3, 0.4) is 0 Å². The summed E-state index contributed by atoms with van der Waals surface area (Å²) >= 11 is 2.40. The topological polar surface area (TPSA) is 105 Å². The van der Waals surface area contributed by atoms with Gasteiger partial charge in [-0.05, 0) is 42.8 Å². The third-order valence-electron chi connectivity index (χ3n) is 3.80. The van der Waals surface area contributed by atoms with Crippen LogP contribution in [0.5, 0.6) is 0 Å². The molecule has 0 aliphatic heterocycles. The first kappa shape index (κ1) is 21.3. The van der Waals surface area contributed by atoms with Crippen molar-refractivity contribution in [1.29, 1.82) is 0 Å². The fraction of sp³-hybridized carbons (Fsp3) is 0.211. The lowest BCUT2D eigenvalue weighted by molar-refractivity contribution is -0.114. The van der Waals surface area contributed by atoms with Gasteiger partial charge in [0.15, 0.2) is 15.0 Å². The molecule has 3 rings (SSSR count). The molecule has 2 N–H and O–H groups in total. The highest BCUT2D eigenvalue weighted by atomic mass is 32.2. The maximum Gasteiger partial charge on any atom is 0.236 e. The number of rotatable bonds is 7. The van der Waals surface area contributed by atoms with Crippen LogP contribution >= 0.6 is 23.1 Å². The molecule has 0 aliphatic carbocycles. The first-order valence-corrected chi connectivity index (χ1v) is 12.4. The van der Waals surface area contributed by atoms with Crippen LogP contribution in [-0.2, 0) is 19.4 Å². The molecule has 29 heavy (non-hydrogen) atoms. The van der Waals surface area contributed by atoms with Crippen molar-refractivity contribution < 1.29 is 18.0 Å². The van der Waals surface area contributed by atoms with Crippen molar-refractivity contribution in [2.75, 3.05) is 28.4 Å². The van der Waals surface area contributed by atoms with Crippen molar-refractivity contribution in [3.63, 3.8) is 0 Å². The van der Waals surface area contributed by atoms with Crippen molar-refractivity contribution in [3.8, 4) is 0 Å². The molecule has 1 aromatic heterocycles. The molecule has 0 fully saturated rings. The van der Waals surface area contributed by atoms with Crippen molar-refractivity contribution in [1.82, 2.24) is 4.98 Å². The minimum absolute atomic E-state index is 0.103. The Morgan fingerprint density at radius 2 is 1.79 bits per heavy atom. The summed E-state index contributed by atoms with van der Waals surface area (Å²) in [6, 6.07) is 12.1. The number of nitrogens with zero attached hydrogens (tertiary/aromatic N) is 1. The highest BCUT2D eigenvalue weighted by molar-refractivity contribution is 8.00. The molecular formula is C19H19N3O4S3. The highest BCUT2D eigenvalue weighted by Crippen LogP contribution is 2.28. The SMILES string of the molecule is Cc1cccc(NC(=O)CSCC(=O)Nc2nc3ccc(S(C)(=O)=O)cc3s2)c1. The fourth-order valence-corrected chi connectivity index (χ4v) is 4.76. The van der Waals surface area contributed by atoms with E-state index < -0.39 is 9.84 Å². The van der Waals surface area contributed by atoms with Crippen molar-refractivity contribution in [3.05, 3.63) is 48.0 Å². The van der Waals surface area contributed by atoms with Crippen LogP contribution in [0.25, 0.3) is 10.2 Å². The Balaban J connectivity index is 1.51. The largest absolute Gasteiger partial charge is 0.325 e. The predicted molar refractivity (Wildman–Crippen MR) is 118 cm³/mol. The zero-order valence-electron chi connectivity index (χ0n) is 15.8. The standard InChI is InChI=1S/C19H19N3O4S3/c1-12-4-3-5-13(8-12)20-17(23)10-27-11-18(24)22-19-21-15-7-6-14(29(2,25)26)9-16(15)28-19/h3-9H,10-11H2,1-2H3,(H,20,23)(H,21,22,24). The van der Waals surface area contributed by atoms with Crippen LogP contribution in [0.2, 0.25) is 0 Å². The predicted octanol–water partition coefficient (Wildman–Crippen LogP) is 3.32. The number of carbonyl (C=O) groups is 2. The zero-order chi connectivity index (χ0) is 21.0. The Morgan fingerprint density at radius 1 is 1.07 bits per heavy atom. The summed E-state index contributed by atoms with van der Waals surface area (Å²) in [5.41, 5.74) is 2.39. The number of thioether (sulfide) groups is 1. The second-order valence-corrected chi connectivity index (χ2v) is 10.4. The monoisotopic (exact) mass is 449 g/mol. The number of nitrogens with one attached hydrogen (secondary N) is 2. The van der Waals surface area contributed by atoms with Gasteiger partial charge in [0.2, 0.25) is 11.8 Å². The molecule has 3 aromatic rings. The number of hydrogen-bond acceptors (Lipinski definition) is 7. The quantitative estimate of drug-likeness (QED) is 0.573. The molecule has 0 atom stereocenters. The molecular weight excluding hydrogens is 430 g/mol. The number of sulfone groups is 1. The third-order valence-corrected chi connectivity index (χ3v) is 6.78. The minimum atomic E-state index is -3.30. The van der Waals surface area contributed by atoms with Gasteiger partial charge in [-0.1, -0.05) is 23.5 Å². The van der Waals surface area contributed by atoms with E-state index in [1.807, 2.05) is 31.2 Å². The zero-order valence-corrected chi connectivity index (χ0v) is 18.2. The van der Waals surface area contributed by atoms with Crippen LogP contribution < -0.4 is 10.6 Å². The van der Waals surface area contributed by atoms with Gasteiger partial charge in [-0.25, -0.2) is 13.4 Å². The first-order valence-electron chi connectivity index (χ1n) is 8.55. The lowest BCUT2D eigenvalue weighted by Crippen LogP contribution is -2.18. The molecule has 2 aromatic carbocycles. The van der Waals surface area contributed by atoms with E-state index in [9.17, 15) is 18.0 Å². The highest BCUT2D eigenvalue weighted by Gasteiger charge is 2.13. The molecule has 0 aliphatic rings. The van der Waals surface area contributed by atoms with Gasteiger partial charge < -0.3 is 10.6 Å². The Labute approximate surface area is 176 Å². The van der Waals surface area contributed by atoms with E-state index in [4.69, 9.17) is 0 Å². The Kier molecular flexibility index (Phi) is 6.56. The number of aryl methyl sites for hydroxylation is 1. The summed E-state index contributed by atoms with van der Waals surface area (Å²) in [6.07, 6.45) is 1.14. The lowest BCUT2D eigenvalue weighted by Gasteiger charge is -2.06. The number of thiazole rings is 1. The fourth-order valence-electron chi connectivity index (χ4n) is 2.50. The third kappa shape index (κ3) is 6.02. The lowest BCUT2D eigenvalue weighted by atomic mass is 10.2. The van der Waals surface area contributed by atoms with Crippen LogP contribution in [-0.4, -0.2) is 43.0 Å². The summed E-state index contributed by atoms with van der Waals surface area (Å²) in [5, 5.41) is 5.87. The molecule has 0 bridgehead atoms. The second kappa shape index (κ2) is 8.93. The maximum absolute atomic E-state index is 12.1. The van der Waals surface area contributed by atoms with Crippen molar-refractivity contribution >= 4 is 65.8 Å². The number of fused-ring (bicyclic) bond motifs is 1. The Morgan fingerprint density at radius 3 is 2.48 bits per heavy atom.